The number of hydrogen-bond acceptors (Lipinski definition) is 3. The van der Waals surface area contributed by atoms with Crippen LogP contribution in [-0.2, 0) is 11.3 Å². The van der Waals surface area contributed by atoms with Crippen molar-refractivity contribution in [2.24, 2.45) is 11.8 Å². The highest BCUT2D eigenvalue weighted by atomic mass is 16.5. The molecule has 0 aromatic heterocycles. The SMILES string of the molecule is COC(=O)c1ccc(CN2CC3CCCC3C2)cc1. The summed E-state index contributed by atoms with van der Waals surface area (Å²) < 4.78 is 4.71. The number of carbonyl (C=O) groups is 1. The second-order valence-electron chi connectivity index (χ2n) is 5.83. The van der Waals surface area contributed by atoms with Gasteiger partial charge in [0.2, 0.25) is 0 Å². The van der Waals surface area contributed by atoms with Gasteiger partial charge < -0.3 is 4.74 Å². The number of ether oxygens (including phenoxy) is 1. The van der Waals surface area contributed by atoms with Gasteiger partial charge in [0.15, 0.2) is 0 Å². The Kier molecular flexibility index (Phi) is 3.56. The van der Waals surface area contributed by atoms with Crippen molar-refractivity contribution in [1.82, 2.24) is 4.90 Å². The normalized spacial score (nSPS) is 26.4. The average molecular weight is 259 g/mol. The minimum atomic E-state index is -0.262. The molecular weight excluding hydrogens is 238 g/mol. The molecule has 0 N–H and O–H groups in total. The summed E-state index contributed by atoms with van der Waals surface area (Å²) in [5, 5.41) is 0. The summed E-state index contributed by atoms with van der Waals surface area (Å²) in [6, 6.07) is 7.80. The number of methoxy groups -OCH3 is 1. The number of esters is 1. The highest BCUT2D eigenvalue weighted by Crippen LogP contribution is 2.38. The zero-order valence-corrected chi connectivity index (χ0v) is 11.5. The molecule has 19 heavy (non-hydrogen) atoms. The molecule has 1 aromatic carbocycles. The molecule has 1 aliphatic heterocycles. The van der Waals surface area contributed by atoms with E-state index in [1.165, 1.54) is 45.0 Å². The first-order chi connectivity index (χ1) is 9.26. The molecule has 3 nitrogen and oxygen atoms in total. The van der Waals surface area contributed by atoms with Gasteiger partial charge in [0, 0.05) is 19.6 Å². The first kappa shape index (κ1) is 12.7. The van der Waals surface area contributed by atoms with Crippen LogP contribution in [0.4, 0.5) is 0 Å². The Bertz CT molecular complexity index is 442. The van der Waals surface area contributed by atoms with E-state index in [2.05, 4.69) is 4.90 Å². The minimum Gasteiger partial charge on any atom is -0.465 e. The van der Waals surface area contributed by atoms with E-state index in [1.54, 1.807) is 0 Å². The Labute approximate surface area is 114 Å². The Hall–Kier alpha value is -1.35. The van der Waals surface area contributed by atoms with Gasteiger partial charge in [0.25, 0.3) is 0 Å². The number of likely N-dealkylation sites (tertiary alicyclic amines) is 1. The van der Waals surface area contributed by atoms with Crippen LogP contribution in [0.15, 0.2) is 24.3 Å². The van der Waals surface area contributed by atoms with E-state index in [0.717, 1.165) is 18.4 Å². The Morgan fingerprint density at radius 2 is 1.84 bits per heavy atom. The Morgan fingerprint density at radius 3 is 2.42 bits per heavy atom. The molecular formula is C16H21NO2. The largest absolute Gasteiger partial charge is 0.465 e. The lowest BCUT2D eigenvalue weighted by molar-refractivity contribution is 0.0600. The third-order valence-electron chi connectivity index (χ3n) is 4.58. The van der Waals surface area contributed by atoms with E-state index in [-0.39, 0.29) is 5.97 Å². The second-order valence-corrected chi connectivity index (χ2v) is 5.83. The number of hydrogen-bond donors (Lipinski definition) is 0. The van der Waals surface area contributed by atoms with Gasteiger partial charge in [-0.25, -0.2) is 4.79 Å². The summed E-state index contributed by atoms with van der Waals surface area (Å²) in [5.74, 6) is 1.62. The van der Waals surface area contributed by atoms with Gasteiger partial charge in [-0.2, -0.15) is 0 Å². The quantitative estimate of drug-likeness (QED) is 0.782. The second kappa shape index (κ2) is 5.33. The van der Waals surface area contributed by atoms with Crippen LogP contribution in [0, 0.1) is 11.8 Å². The Morgan fingerprint density at radius 1 is 1.21 bits per heavy atom. The van der Waals surface area contributed by atoms with Crippen LogP contribution < -0.4 is 0 Å². The number of nitrogens with zero attached hydrogens (tertiary/aromatic N) is 1. The molecule has 1 heterocycles. The maximum absolute atomic E-state index is 11.4. The standard InChI is InChI=1S/C16H21NO2/c1-19-16(18)13-7-5-12(6-8-13)9-17-10-14-3-2-4-15(14)11-17/h5-8,14-15H,2-4,9-11H2,1H3. The van der Waals surface area contributed by atoms with Crippen molar-refractivity contribution >= 4 is 5.97 Å². The van der Waals surface area contributed by atoms with Gasteiger partial charge in [-0.1, -0.05) is 18.6 Å². The van der Waals surface area contributed by atoms with Gasteiger partial charge in [-0.05, 0) is 42.4 Å². The van der Waals surface area contributed by atoms with Gasteiger partial charge >= 0.3 is 5.97 Å². The van der Waals surface area contributed by atoms with Crippen molar-refractivity contribution in [2.45, 2.75) is 25.8 Å². The molecule has 1 saturated heterocycles. The number of rotatable bonds is 3. The third kappa shape index (κ3) is 2.66. The van der Waals surface area contributed by atoms with Crippen molar-refractivity contribution in [3.63, 3.8) is 0 Å². The van der Waals surface area contributed by atoms with Crippen LogP contribution in [-0.4, -0.2) is 31.1 Å². The molecule has 3 heteroatoms. The average Bonchev–Trinajstić information content (AvgIpc) is 2.99. The van der Waals surface area contributed by atoms with E-state index in [4.69, 9.17) is 4.74 Å². The van der Waals surface area contributed by atoms with Crippen molar-refractivity contribution in [3.05, 3.63) is 35.4 Å². The zero-order valence-electron chi connectivity index (χ0n) is 11.5. The molecule has 2 atom stereocenters. The fraction of sp³-hybridized carbons (Fsp3) is 0.562. The van der Waals surface area contributed by atoms with Crippen LogP contribution >= 0.6 is 0 Å². The monoisotopic (exact) mass is 259 g/mol. The third-order valence-corrected chi connectivity index (χ3v) is 4.58. The number of benzene rings is 1. The van der Waals surface area contributed by atoms with Crippen molar-refractivity contribution < 1.29 is 9.53 Å². The summed E-state index contributed by atoms with van der Waals surface area (Å²) in [5.41, 5.74) is 1.91. The van der Waals surface area contributed by atoms with Crippen LogP contribution in [0.1, 0.15) is 35.2 Å². The van der Waals surface area contributed by atoms with Gasteiger partial charge in [0.1, 0.15) is 0 Å². The lowest BCUT2D eigenvalue weighted by Gasteiger charge is -2.16. The molecule has 2 fully saturated rings. The summed E-state index contributed by atoms with van der Waals surface area (Å²) in [7, 11) is 1.42. The molecule has 2 unspecified atom stereocenters. The molecule has 1 saturated carbocycles. The van der Waals surface area contributed by atoms with E-state index in [9.17, 15) is 4.79 Å². The van der Waals surface area contributed by atoms with Crippen LogP contribution in [0.2, 0.25) is 0 Å². The molecule has 3 rings (SSSR count). The highest BCUT2D eigenvalue weighted by Gasteiger charge is 2.35. The highest BCUT2D eigenvalue weighted by molar-refractivity contribution is 5.89. The Balaban J connectivity index is 1.60. The van der Waals surface area contributed by atoms with Crippen molar-refractivity contribution in [1.29, 1.82) is 0 Å². The van der Waals surface area contributed by atoms with Crippen LogP contribution in [0.3, 0.4) is 0 Å². The maximum atomic E-state index is 11.4. The molecule has 1 aromatic rings. The van der Waals surface area contributed by atoms with Gasteiger partial charge in [-0.3, -0.25) is 4.90 Å². The summed E-state index contributed by atoms with van der Waals surface area (Å²) in [6.45, 7) is 3.52. The minimum absolute atomic E-state index is 0.262. The molecule has 0 bridgehead atoms. The predicted octanol–water partition coefficient (Wildman–Crippen LogP) is 2.71. The smallest absolute Gasteiger partial charge is 0.337 e. The number of fused-ring (bicyclic) bond motifs is 1. The predicted molar refractivity (Wildman–Crippen MR) is 73.9 cm³/mol. The molecule has 1 aliphatic carbocycles. The van der Waals surface area contributed by atoms with Crippen molar-refractivity contribution in [3.8, 4) is 0 Å². The van der Waals surface area contributed by atoms with E-state index in [0.29, 0.717) is 5.56 Å². The lowest BCUT2D eigenvalue weighted by Crippen LogP contribution is -2.21. The van der Waals surface area contributed by atoms with E-state index in [1.807, 2.05) is 24.3 Å². The fourth-order valence-corrected chi connectivity index (χ4v) is 3.58. The molecule has 0 amide bonds. The molecule has 2 aliphatic rings. The number of carbonyl (C=O) groups excluding carboxylic acids is 1. The van der Waals surface area contributed by atoms with Crippen LogP contribution in [0.5, 0.6) is 0 Å². The van der Waals surface area contributed by atoms with Crippen LogP contribution in [0.25, 0.3) is 0 Å². The summed E-state index contributed by atoms with van der Waals surface area (Å²) >= 11 is 0. The van der Waals surface area contributed by atoms with Gasteiger partial charge in [-0.15, -0.1) is 0 Å². The lowest BCUT2D eigenvalue weighted by atomic mass is 10.0. The molecule has 102 valence electrons. The zero-order chi connectivity index (χ0) is 13.2. The van der Waals surface area contributed by atoms with E-state index >= 15 is 0 Å². The maximum Gasteiger partial charge on any atom is 0.337 e. The van der Waals surface area contributed by atoms with Crippen molar-refractivity contribution in [2.75, 3.05) is 20.2 Å². The topological polar surface area (TPSA) is 29.5 Å². The summed E-state index contributed by atoms with van der Waals surface area (Å²) in [6.07, 6.45) is 4.27. The van der Waals surface area contributed by atoms with Gasteiger partial charge in [0.05, 0.1) is 12.7 Å². The summed E-state index contributed by atoms with van der Waals surface area (Å²) in [4.78, 5) is 13.9. The first-order valence-electron chi connectivity index (χ1n) is 7.16. The molecule has 0 radical (unpaired) electrons. The molecule has 0 spiro atoms. The first-order valence-corrected chi connectivity index (χ1v) is 7.16. The van der Waals surface area contributed by atoms with E-state index < -0.39 is 0 Å². The fourth-order valence-electron chi connectivity index (χ4n) is 3.58.